The van der Waals surface area contributed by atoms with Gasteiger partial charge in [-0.1, -0.05) is 140 Å². The lowest BCUT2D eigenvalue weighted by molar-refractivity contribution is -0.870. The Morgan fingerprint density at radius 3 is 1.93 bits per heavy atom. The molecule has 4 atom stereocenters. The Hall–Kier alpha value is -1.74. The maximum absolute atomic E-state index is 12.6. The van der Waals surface area contributed by atoms with Gasteiger partial charge in [-0.2, -0.15) is 0 Å². The minimum absolute atomic E-state index is 0.0227. The molecule has 1 fully saturated rings. The molecule has 1 aliphatic heterocycles. The number of nitrogens with zero attached hydrogens (tertiary/aromatic N) is 1. The molecule has 0 amide bonds. The van der Waals surface area contributed by atoms with Gasteiger partial charge in [0, 0.05) is 6.42 Å². The standard InChI is InChI=1S/C44H80NO8P/c1-6-8-10-11-12-13-14-15-16-19-22-25-28-32-37-49-39-41(40-51-54(47,48)50-38-36-45(3,4)5)52-44(46)35-31-27-24-21-18-17-20-23-26-30-34-43-42(53-43)33-29-9-7-2/h17,20-21,24,26,30,32,37,41-43H,6-16,18-19,22-23,25,27-29,31,33-36,38-40H2,1-5H3/p+1/b20-17-,24-21-,30-26-,37-32+/t41-,42?,43?/m1/s1. The fraction of sp³-hybridized carbons (Fsp3) is 0.795. The van der Waals surface area contributed by atoms with Crippen LogP contribution in [0.5, 0.6) is 0 Å². The van der Waals surface area contributed by atoms with E-state index in [2.05, 4.69) is 50.3 Å². The molecular formula is C44H81NO8P+. The van der Waals surface area contributed by atoms with Crippen molar-refractivity contribution >= 4 is 13.8 Å². The van der Waals surface area contributed by atoms with Crippen LogP contribution in [-0.2, 0) is 32.6 Å². The van der Waals surface area contributed by atoms with E-state index in [-0.39, 0.29) is 26.2 Å². The molecule has 0 bridgehead atoms. The molecule has 1 saturated heterocycles. The van der Waals surface area contributed by atoms with E-state index in [1.165, 1.54) is 96.3 Å². The highest BCUT2D eigenvalue weighted by molar-refractivity contribution is 7.47. The molecule has 0 radical (unpaired) electrons. The minimum atomic E-state index is -4.31. The lowest BCUT2D eigenvalue weighted by Gasteiger charge is -2.24. The van der Waals surface area contributed by atoms with Gasteiger partial charge in [-0.05, 0) is 57.4 Å². The molecule has 0 aromatic heterocycles. The van der Waals surface area contributed by atoms with E-state index in [1.54, 1.807) is 6.26 Å². The van der Waals surface area contributed by atoms with Crippen molar-refractivity contribution < 1.29 is 42.0 Å². The van der Waals surface area contributed by atoms with Gasteiger partial charge in [-0.15, -0.1) is 0 Å². The molecule has 1 N–H and O–H groups in total. The number of carbonyl (C=O) groups excluding carboxylic acids is 1. The first-order chi connectivity index (χ1) is 26.1. The van der Waals surface area contributed by atoms with Crippen LogP contribution in [0, 0.1) is 0 Å². The number of phosphoric ester groups is 1. The first kappa shape index (κ1) is 50.3. The maximum atomic E-state index is 12.6. The number of esters is 1. The zero-order valence-corrected chi connectivity index (χ0v) is 36.0. The van der Waals surface area contributed by atoms with Crippen molar-refractivity contribution in [3.05, 3.63) is 48.8 Å². The second-order valence-corrected chi connectivity index (χ2v) is 17.3. The van der Waals surface area contributed by atoms with Crippen molar-refractivity contribution in [2.45, 2.75) is 180 Å². The Morgan fingerprint density at radius 1 is 0.704 bits per heavy atom. The molecule has 9 nitrogen and oxygen atoms in total. The summed E-state index contributed by atoms with van der Waals surface area (Å²) in [6.45, 7) is 4.82. The third-order valence-electron chi connectivity index (χ3n) is 9.38. The summed E-state index contributed by atoms with van der Waals surface area (Å²) in [5, 5.41) is 0. The van der Waals surface area contributed by atoms with Gasteiger partial charge in [0.05, 0.1) is 46.2 Å². The van der Waals surface area contributed by atoms with Gasteiger partial charge < -0.3 is 23.6 Å². The molecule has 0 saturated carbocycles. The highest BCUT2D eigenvalue weighted by Gasteiger charge is 2.36. The van der Waals surface area contributed by atoms with Crippen LogP contribution < -0.4 is 0 Å². The van der Waals surface area contributed by atoms with Crippen molar-refractivity contribution in [1.29, 1.82) is 0 Å². The molecule has 54 heavy (non-hydrogen) atoms. The number of epoxide rings is 1. The van der Waals surface area contributed by atoms with Gasteiger partial charge in [-0.3, -0.25) is 13.8 Å². The topological polar surface area (TPSA) is 104 Å². The first-order valence-corrected chi connectivity index (χ1v) is 23.0. The van der Waals surface area contributed by atoms with E-state index in [1.807, 2.05) is 27.2 Å². The maximum Gasteiger partial charge on any atom is 0.472 e. The molecular weight excluding hydrogens is 701 g/mol. The number of allylic oxidation sites excluding steroid dienone is 6. The zero-order valence-electron chi connectivity index (χ0n) is 35.1. The summed E-state index contributed by atoms with van der Waals surface area (Å²) < 4.78 is 40.4. The summed E-state index contributed by atoms with van der Waals surface area (Å²) in [6.07, 6.45) is 42.8. The number of likely N-dealkylation sites (N-methyl/N-ethyl adjacent to an activating group) is 1. The monoisotopic (exact) mass is 783 g/mol. The van der Waals surface area contributed by atoms with E-state index >= 15 is 0 Å². The fourth-order valence-corrected chi connectivity index (χ4v) is 6.64. The summed E-state index contributed by atoms with van der Waals surface area (Å²) >= 11 is 0. The quantitative estimate of drug-likeness (QED) is 0.0126. The van der Waals surface area contributed by atoms with E-state index in [0.717, 1.165) is 38.5 Å². The van der Waals surface area contributed by atoms with E-state index in [9.17, 15) is 14.3 Å². The SMILES string of the molecule is CCCCCCCCCCCCCC/C=C/OC[C@H](COP(=O)(O)OCC[N+](C)(C)C)OC(=O)CCC/C=C\C/C=C\C/C=C\CC1OC1CCCCC. The smallest absolute Gasteiger partial charge is 0.472 e. The van der Waals surface area contributed by atoms with Crippen LogP contribution in [-0.4, -0.2) is 81.2 Å². The molecule has 0 aromatic rings. The Morgan fingerprint density at radius 2 is 1.28 bits per heavy atom. The van der Waals surface area contributed by atoms with E-state index < -0.39 is 19.9 Å². The van der Waals surface area contributed by atoms with Gasteiger partial charge >= 0.3 is 13.8 Å². The van der Waals surface area contributed by atoms with Gasteiger partial charge in [0.1, 0.15) is 19.8 Å². The largest absolute Gasteiger partial charge is 0.498 e. The summed E-state index contributed by atoms with van der Waals surface area (Å²) in [7, 11) is 1.59. The lowest BCUT2D eigenvalue weighted by Crippen LogP contribution is -2.37. The van der Waals surface area contributed by atoms with Gasteiger partial charge in [0.25, 0.3) is 0 Å². The van der Waals surface area contributed by atoms with Crippen LogP contribution in [0.1, 0.15) is 162 Å². The average molecular weight is 783 g/mol. The lowest BCUT2D eigenvalue weighted by atomic mass is 10.0. The normalized spacial score (nSPS) is 18.0. The Bertz CT molecular complexity index is 1070. The third-order valence-corrected chi connectivity index (χ3v) is 10.4. The van der Waals surface area contributed by atoms with Crippen LogP contribution in [0.4, 0.5) is 0 Å². The van der Waals surface area contributed by atoms with Gasteiger partial charge in [0.15, 0.2) is 6.10 Å². The van der Waals surface area contributed by atoms with Crippen LogP contribution >= 0.6 is 7.82 Å². The molecule has 3 unspecified atom stereocenters. The highest BCUT2D eigenvalue weighted by Crippen LogP contribution is 2.43. The number of quaternary nitrogens is 1. The molecule has 0 spiro atoms. The van der Waals surface area contributed by atoms with Crippen molar-refractivity contribution in [2.24, 2.45) is 0 Å². The van der Waals surface area contributed by atoms with E-state index in [4.69, 9.17) is 23.3 Å². The Labute approximate surface area is 331 Å². The number of ether oxygens (including phenoxy) is 3. The average Bonchev–Trinajstić information content (AvgIpc) is 3.87. The number of hydrogen-bond donors (Lipinski definition) is 1. The first-order valence-electron chi connectivity index (χ1n) is 21.5. The summed E-state index contributed by atoms with van der Waals surface area (Å²) in [4.78, 5) is 22.8. The minimum Gasteiger partial charge on any atom is -0.498 e. The Kier molecular flexibility index (Phi) is 31.1. The van der Waals surface area contributed by atoms with Crippen molar-refractivity contribution in [3.8, 4) is 0 Å². The summed E-state index contributed by atoms with van der Waals surface area (Å²) in [5.74, 6) is -0.393. The molecule has 10 heteroatoms. The van der Waals surface area contributed by atoms with Gasteiger partial charge in [0.2, 0.25) is 0 Å². The summed E-state index contributed by atoms with van der Waals surface area (Å²) in [5.41, 5.74) is 0. The number of phosphoric acid groups is 1. The highest BCUT2D eigenvalue weighted by atomic mass is 31.2. The third kappa shape index (κ3) is 33.6. The molecule has 1 rings (SSSR count). The Balaban J connectivity index is 2.30. The van der Waals surface area contributed by atoms with Crippen LogP contribution in [0.15, 0.2) is 48.8 Å². The predicted octanol–water partition coefficient (Wildman–Crippen LogP) is 11.7. The second-order valence-electron chi connectivity index (χ2n) is 15.8. The van der Waals surface area contributed by atoms with Crippen molar-refractivity contribution in [2.75, 3.05) is 47.5 Å². The second kappa shape index (κ2) is 33.4. The number of rotatable bonds is 38. The molecule has 314 valence electrons. The molecule has 1 aliphatic rings. The van der Waals surface area contributed by atoms with Gasteiger partial charge in [-0.25, -0.2) is 4.57 Å². The molecule has 0 aromatic carbocycles. The number of hydrogen-bond acceptors (Lipinski definition) is 7. The van der Waals surface area contributed by atoms with Crippen LogP contribution in [0.2, 0.25) is 0 Å². The zero-order chi connectivity index (χ0) is 39.6. The summed E-state index contributed by atoms with van der Waals surface area (Å²) in [6, 6.07) is 0. The number of carbonyl (C=O) groups is 1. The van der Waals surface area contributed by atoms with E-state index in [0.29, 0.717) is 29.7 Å². The van der Waals surface area contributed by atoms with Crippen molar-refractivity contribution in [1.82, 2.24) is 0 Å². The number of unbranched alkanes of at least 4 members (excludes halogenated alkanes) is 15. The molecule has 0 aliphatic carbocycles. The predicted molar refractivity (Wildman–Crippen MR) is 223 cm³/mol. The fourth-order valence-electron chi connectivity index (χ4n) is 5.90. The van der Waals surface area contributed by atoms with Crippen LogP contribution in [0.25, 0.3) is 0 Å². The molecule has 1 heterocycles. The van der Waals surface area contributed by atoms with Crippen molar-refractivity contribution in [3.63, 3.8) is 0 Å². The van der Waals surface area contributed by atoms with Crippen LogP contribution in [0.3, 0.4) is 0 Å².